The molecular formula is C6H9N3. The highest BCUT2D eigenvalue weighted by atomic mass is 14.8. The van der Waals surface area contributed by atoms with Gasteiger partial charge in [-0.2, -0.15) is 0 Å². The van der Waals surface area contributed by atoms with Crippen LogP contribution in [0.25, 0.3) is 0 Å². The second-order valence-corrected chi connectivity index (χ2v) is 1.96. The summed E-state index contributed by atoms with van der Waals surface area (Å²) in [6.07, 6.45) is 4.93. The summed E-state index contributed by atoms with van der Waals surface area (Å²) < 4.78 is 0. The molecule has 1 atom stereocenters. The van der Waals surface area contributed by atoms with Gasteiger partial charge in [0.15, 0.2) is 0 Å². The first-order valence-electron chi connectivity index (χ1n) is 2.81. The van der Waals surface area contributed by atoms with Crippen LogP contribution in [0.15, 0.2) is 18.7 Å². The molecule has 0 bridgehead atoms. The van der Waals surface area contributed by atoms with E-state index < -0.39 is 0 Å². The number of hydrogen-bond acceptors (Lipinski definition) is 3. The van der Waals surface area contributed by atoms with E-state index in [0.717, 1.165) is 5.56 Å². The van der Waals surface area contributed by atoms with Crippen molar-refractivity contribution in [1.29, 1.82) is 0 Å². The Morgan fingerprint density at radius 2 is 2.00 bits per heavy atom. The molecule has 0 aliphatic carbocycles. The van der Waals surface area contributed by atoms with Gasteiger partial charge in [0.1, 0.15) is 6.33 Å². The Morgan fingerprint density at radius 3 is 2.33 bits per heavy atom. The first-order chi connectivity index (χ1) is 4.30. The normalized spacial score (nSPS) is 13.1. The largest absolute Gasteiger partial charge is 0.324 e. The summed E-state index contributed by atoms with van der Waals surface area (Å²) in [4.78, 5) is 7.63. The number of aromatic nitrogens is 2. The maximum absolute atomic E-state index is 5.53. The van der Waals surface area contributed by atoms with E-state index in [1.165, 1.54) is 6.33 Å². The topological polar surface area (TPSA) is 51.8 Å². The summed E-state index contributed by atoms with van der Waals surface area (Å²) in [5.74, 6) is 0. The zero-order valence-electron chi connectivity index (χ0n) is 5.28. The van der Waals surface area contributed by atoms with Crippen LogP contribution >= 0.6 is 0 Å². The van der Waals surface area contributed by atoms with Crippen LogP contribution in [-0.4, -0.2) is 9.97 Å². The first-order valence-corrected chi connectivity index (χ1v) is 2.81. The minimum atomic E-state index is 0.0335. The van der Waals surface area contributed by atoms with Crippen molar-refractivity contribution >= 4 is 0 Å². The molecule has 1 aromatic rings. The van der Waals surface area contributed by atoms with Gasteiger partial charge in [-0.3, -0.25) is 0 Å². The number of rotatable bonds is 1. The van der Waals surface area contributed by atoms with Crippen LogP contribution < -0.4 is 5.73 Å². The molecule has 0 aliphatic rings. The third kappa shape index (κ3) is 1.47. The minimum Gasteiger partial charge on any atom is -0.324 e. The van der Waals surface area contributed by atoms with E-state index in [4.69, 9.17) is 5.73 Å². The summed E-state index contributed by atoms with van der Waals surface area (Å²) >= 11 is 0. The zero-order valence-corrected chi connectivity index (χ0v) is 5.28. The fourth-order valence-electron chi connectivity index (χ4n) is 0.546. The molecule has 0 amide bonds. The van der Waals surface area contributed by atoms with Gasteiger partial charge < -0.3 is 5.73 Å². The Balaban J connectivity index is 2.85. The van der Waals surface area contributed by atoms with E-state index >= 15 is 0 Å². The quantitative estimate of drug-likeness (QED) is 0.591. The van der Waals surface area contributed by atoms with Gasteiger partial charge in [-0.25, -0.2) is 9.97 Å². The molecule has 2 N–H and O–H groups in total. The molecule has 0 aliphatic heterocycles. The standard InChI is InChI=1S/C6H9N3/c1-5(7)6-2-8-4-9-3-6/h2-5H,7H2,1H3/t5-/m1/s1. The molecule has 1 heterocycles. The van der Waals surface area contributed by atoms with Crippen LogP contribution in [0.4, 0.5) is 0 Å². The fourth-order valence-corrected chi connectivity index (χ4v) is 0.546. The SMILES string of the molecule is C[C@@H](N)c1cncnc1. The Bertz CT molecular complexity index is 171. The molecule has 0 aromatic carbocycles. The smallest absolute Gasteiger partial charge is 0.115 e. The third-order valence-electron chi connectivity index (χ3n) is 1.11. The molecule has 3 nitrogen and oxygen atoms in total. The van der Waals surface area contributed by atoms with Crippen LogP contribution in [-0.2, 0) is 0 Å². The van der Waals surface area contributed by atoms with Crippen molar-refractivity contribution in [3.05, 3.63) is 24.3 Å². The number of nitrogens with zero attached hydrogens (tertiary/aromatic N) is 2. The second-order valence-electron chi connectivity index (χ2n) is 1.96. The third-order valence-corrected chi connectivity index (χ3v) is 1.11. The molecule has 9 heavy (non-hydrogen) atoms. The highest BCUT2D eigenvalue weighted by Gasteiger charge is 1.95. The number of hydrogen-bond donors (Lipinski definition) is 1. The van der Waals surface area contributed by atoms with Crippen molar-refractivity contribution in [2.75, 3.05) is 0 Å². The maximum atomic E-state index is 5.53. The lowest BCUT2D eigenvalue weighted by Gasteiger charge is -2.00. The van der Waals surface area contributed by atoms with Crippen LogP contribution in [0, 0.1) is 0 Å². The molecule has 0 radical (unpaired) electrons. The average Bonchev–Trinajstić information content (AvgIpc) is 1.90. The summed E-state index contributed by atoms with van der Waals surface area (Å²) in [5.41, 5.74) is 6.50. The maximum Gasteiger partial charge on any atom is 0.115 e. The lowest BCUT2D eigenvalue weighted by Crippen LogP contribution is -2.05. The van der Waals surface area contributed by atoms with E-state index in [1.807, 2.05) is 6.92 Å². The van der Waals surface area contributed by atoms with Gasteiger partial charge in [-0.15, -0.1) is 0 Å². The molecule has 1 aromatic heterocycles. The van der Waals surface area contributed by atoms with Gasteiger partial charge in [-0.05, 0) is 6.92 Å². The van der Waals surface area contributed by atoms with Crippen LogP contribution in [0.5, 0.6) is 0 Å². The van der Waals surface area contributed by atoms with Crippen molar-refractivity contribution in [3.8, 4) is 0 Å². The molecule has 48 valence electrons. The van der Waals surface area contributed by atoms with E-state index in [9.17, 15) is 0 Å². The molecule has 0 unspecified atom stereocenters. The van der Waals surface area contributed by atoms with Gasteiger partial charge >= 0.3 is 0 Å². The number of nitrogens with two attached hydrogens (primary N) is 1. The van der Waals surface area contributed by atoms with Crippen LogP contribution in [0.2, 0.25) is 0 Å². The second kappa shape index (κ2) is 2.55. The predicted octanol–water partition coefficient (Wildman–Crippen LogP) is 0.496. The molecule has 0 fully saturated rings. The average molecular weight is 123 g/mol. The molecule has 3 heteroatoms. The molecule has 0 saturated carbocycles. The highest BCUT2D eigenvalue weighted by molar-refractivity contribution is 5.06. The molecular weight excluding hydrogens is 114 g/mol. The van der Waals surface area contributed by atoms with E-state index in [1.54, 1.807) is 12.4 Å². The van der Waals surface area contributed by atoms with Crippen molar-refractivity contribution in [3.63, 3.8) is 0 Å². The van der Waals surface area contributed by atoms with Crippen molar-refractivity contribution in [2.45, 2.75) is 13.0 Å². The van der Waals surface area contributed by atoms with Crippen molar-refractivity contribution < 1.29 is 0 Å². The molecule has 0 saturated heterocycles. The van der Waals surface area contributed by atoms with Gasteiger partial charge in [0.2, 0.25) is 0 Å². The summed E-state index contributed by atoms with van der Waals surface area (Å²) in [5, 5.41) is 0. The molecule has 0 spiro atoms. The predicted molar refractivity (Wildman–Crippen MR) is 34.6 cm³/mol. The first kappa shape index (κ1) is 6.16. The summed E-state index contributed by atoms with van der Waals surface area (Å²) in [6.45, 7) is 1.90. The molecule has 1 rings (SSSR count). The van der Waals surface area contributed by atoms with Gasteiger partial charge in [0, 0.05) is 24.0 Å². The van der Waals surface area contributed by atoms with Crippen LogP contribution in [0.3, 0.4) is 0 Å². The lowest BCUT2D eigenvalue weighted by atomic mass is 10.2. The van der Waals surface area contributed by atoms with Gasteiger partial charge in [-0.1, -0.05) is 0 Å². The van der Waals surface area contributed by atoms with E-state index in [-0.39, 0.29) is 6.04 Å². The van der Waals surface area contributed by atoms with E-state index in [2.05, 4.69) is 9.97 Å². The Labute approximate surface area is 53.9 Å². The van der Waals surface area contributed by atoms with Gasteiger partial charge in [0.05, 0.1) is 0 Å². The fraction of sp³-hybridized carbons (Fsp3) is 0.333. The Hall–Kier alpha value is -0.960. The monoisotopic (exact) mass is 123 g/mol. The van der Waals surface area contributed by atoms with E-state index in [0.29, 0.717) is 0 Å². The van der Waals surface area contributed by atoms with Gasteiger partial charge in [0.25, 0.3) is 0 Å². The van der Waals surface area contributed by atoms with Crippen molar-refractivity contribution in [1.82, 2.24) is 9.97 Å². The Morgan fingerprint density at radius 1 is 1.44 bits per heavy atom. The van der Waals surface area contributed by atoms with Crippen LogP contribution in [0.1, 0.15) is 18.5 Å². The summed E-state index contributed by atoms with van der Waals surface area (Å²) in [7, 11) is 0. The Kier molecular flexibility index (Phi) is 1.75. The zero-order chi connectivity index (χ0) is 6.69. The summed E-state index contributed by atoms with van der Waals surface area (Å²) in [6, 6.07) is 0.0335. The lowest BCUT2D eigenvalue weighted by molar-refractivity contribution is 0.802. The van der Waals surface area contributed by atoms with Crippen molar-refractivity contribution in [2.24, 2.45) is 5.73 Å². The minimum absolute atomic E-state index is 0.0335. The highest BCUT2D eigenvalue weighted by Crippen LogP contribution is 2.02.